The minimum absolute atomic E-state index is 0.0397. The quantitative estimate of drug-likeness (QED) is 0.617. The van der Waals surface area contributed by atoms with Crippen molar-refractivity contribution in [3.63, 3.8) is 0 Å². The van der Waals surface area contributed by atoms with E-state index in [1.807, 2.05) is 0 Å². The van der Waals surface area contributed by atoms with E-state index in [9.17, 15) is 23.1 Å². The lowest BCUT2D eigenvalue weighted by Gasteiger charge is -2.21. The van der Waals surface area contributed by atoms with Crippen molar-refractivity contribution in [3.8, 4) is 5.75 Å². The fourth-order valence-corrected chi connectivity index (χ4v) is 2.78. The standard InChI is InChI=1S/C15H13ClFNO5S/c1-2-23-15(20)9-3-5-12(11(17)7-9)18(24(21)22)13-6-4-10(16)8-14(13)19/h3-8,19H,2H2,1H3,(H,21,22). The third-order valence-corrected chi connectivity index (χ3v) is 3.93. The van der Waals surface area contributed by atoms with Gasteiger partial charge < -0.3 is 9.84 Å². The van der Waals surface area contributed by atoms with Gasteiger partial charge in [-0.15, -0.1) is 0 Å². The van der Waals surface area contributed by atoms with Gasteiger partial charge in [0, 0.05) is 11.1 Å². The van der Waals surface area contributed by atoms with Gasteiger partial charge in [0.15, 0.2) is 0 Å². The van der Waals surface area contributed by atoms with Crippen LogP contribution >= 0.6 is 11.6 Å². The number of aromatic hydroxyl groups is 1. The van der Waals surface area contributed by atoms with Gasteiger partial charge in [0.1, 0.15) is 11.6 Å². The first-order valence-electron chi connectivity index (χ1n) is 6.71. The number of benzene rings is 2. The van der Waals surface area contributed by atoms with Crippen LogP contribution in [-0.2, 0) is 16.0 Å². The summed E-state index contributed by atoms with van der Waals surface area (Å²) >= 11 is 3.04. The highest BCUT2D eigenvalue weighted by molar-refractivity contribution is 7.81. The molecule has 0 aromatic heterocycles. The number of rotatable bonds is 5. The van der Waals surface area contributed by atoms with E-state index in [0.717, 1.165) is 18.2 Å². The van der Waals surface area contributed by atoms with Gasteiger partial charge in [-0.2, -0.15) is 0 Å². The van der Waals surface area contributed by atoms with Crippen LogP contribution in [0.5, 0.6) is 5.75 Å². The number of anilines is 2. The molecule has 24 heavy (non-hydrogen) atoms. The average molecular weight is 374 g/mol. The van der Waals surface area contributed by atoms with E-state index in [0.29, 0.717) is 4.31 Å². The van der Waals surface area contributed by atoms with Gasteiger partial charge in [-0.3, -0.25) is 4.55 Å². The fraction of sp³-hybridized carbons (Fsp3) is 0.133. The molecule has 6 nitrogen and oxygen atoms in total. The van der Waals surface area contributed by atoms with Gasteiger partial charge >= 0.3 is 5.97 Å². The third kappa shape index (κ3) is 3.84. The Morgan fingerprint density at radius 1 is 1.29 bits per heavy atom. The van der Waals surface area contributed by atoms with E-state index in [4.69, 9.17) is 16.3 Å². The van der Waals surface area contributed by atoms with E-state index >= 15 is 0 Å². The SMILES string of the molecule is CCOC(=O)c1ccc(N(c2ccc(Cl)cc2O)S(=O)O)c(F)c1. The molecule has 0 aliphatic carbocycles. The summed E-state index contributed by atoms with van der Waals surface area (Å²) in [5, 5.41) is 10.1. The Balaban J connectivity index is 2.49. The summed E-state index contributed by atoms with van der Waals surface area (Å²) in [6, 6.07) is 7.08. The van der Waals surface area contributed by atoms with Crippen molar-refractivity contribution in [1.82, 2.24) is 0 Å². The summed E-state index contributed by atoms with van der Waals surface area (Å²) in [7, 11) is 0. The highest BCUT2D eigenvalue weighted by Crippen LogP contribution is 2.37. The maximum absolute atomic E-state index is 14.4. The minimum Gasteiger partial charge on any atom is -0.506 e. The number of nitrogens with zero attached hydrogens (tertiary/aromatic N) is 1. The first kappa shape index (κ1) is 18.2. The number of halogens is 2. The van der Waals surface area contributed by atoms with E-state index in [1.165, 1.54) is 18.2 Å². The molecule has 0 amide bonds. The monoisotopic (exact) mass is 373 g/mol. The number of carbonyl (C=O) groups excluding carboxylic acids is 1. The summed E-state index contributed by atoms with van der Waals surface area (Å²) < 4.78 is 40.9. The molecule has 0 saturated carbocycles. The van der Waals surface area contributed by atoms with E-state index in [1.54, 1.807) is 6.92 Å². The van der Waals surface area contributed by atoms with Crippen molar-refractivity contribution in [2.45, 2.75) is 6.92 Å². The lowest BCUT2D eigenvalue weighted by atomic mass is 10.2. The molecule has 128 valence electrons. The molecule has 0 spiro atoms. The molecule has 0 fully saturated rings. The Hall–Kier alpha value is -2.16. The topological polar surface area (TPSA) is 87.1 Å². The molecule has 2 N–H and O–H groups in total. The molecule has 2 aromatic rings. The molecule has 0 aliphatic heterocycles. The number of phenols is 1. The Labute approximate surface area is 144 Å². The number of hydrogen-bond acceptors (Lipinski definition) is 4. The highest BCUT2D eigenvalue weighted by atomic mass is 35.5. The van der Waals surface area contributed by atoms with Gasteiger partial charge in [0.2, 0.25) is 0 Å². The van der Waals surface area contributed by atoms with Crippen LogP contribution in [0.25, 0.3) is 0 Å². The van der Waals surface area contributed by atoms with Crippen molar-refractivity contribution in [1.29, 1.82) is 0 Å². The number of ether oxygens (including phenoxy) is 1. The van der Waals surface area contributed by atoms with Gasteiger partial charge in [0.25, 0.3) is 11.3 Å². The number of carbonyl (C=O) groups is 1. The predicted octanol–water partition coefficient (Wildman–Crippen LogP) is 3.64. The number of esters is 1. The van der Waals surface area contributed by atoms with Crippen LogP contribution in [-0.4, -0.2) is 26.4 Å². The largest absolute Gasteiger partial charge is 0.506 e. The molecule has 1 atom stereocenters. The number of phenolic OH excluding ortho intramolecular Hbond substituents is 1. The van der Waals surface area contributed by atoms with Crippen molar-refractivity contribution in [2.75, 3.05) is 10.9 Å². The van der Waals surface area contributed by atoms with Crippen molar-refractivity contribution in [3.05, 3.63) is 52.8 Å². The first-order valence-corrected chi connectivity index (χ1v) is 8.15. The lowest BCUT2D eigenvalue weighted by Crippen LogP contribution is -2.21. The Kier molecular flexibility index (Phi) is 5.76. The van der Waals surface area contributed by atoms with Crippen molar-refractivity contribution < 1.29 is 27.8 Å². The fourth-order valence-electron chi connectivity index (χ4n) is 1.98. The van der Waals surface area contributed by atoms with E-state index < -0.39 is 28.8 Å². The van der Waals surface area contributed by atoms with Crippen LogP contribution in [0.2, 0.25) is 5.02 Å². The Bertz CT molecular complexity index is 801. The average Bonchev–Trinajstić information content (AvgIpc) is 2.51. The normalized spacial score (nSPS) is 11.8. The van der Waals surface area contributed by atoms with Gasteiger partial charge in [-0.05, 0) is 37.3 Å². The van der Waals surface area contributed by atoms with Crippen LogP contribution in [0, 0.1) is 5.82 Å². The molecule has 9 heteroatoms. The number of hydrogen-bond donors (Lipinski definition) is 2. The Morgan fingerprint density at radius 2 is 1.96 bits per heavy atom. The highest BCUT2D eigenvalue weighted by Gasteiger charge is 2.23. The third-order valence-electron chi connectivity index (χ3n) is 2.99. The van der Waals surface area contributed by atoms with Crippen LogP contribution in [0.3, 0.4) is 0 Å². The smallest absolute Gasteiger partial charge is 0.338 e. The summed E-state index contributed by atoms with van der Waals surface area (Å²) in [4.78, 5) is 11.6. The van der Waals surface area contributed by atoms with E-state index in [2.05, 4.69) is 0 Å². The minimum atomic E-state index is -2.68. The maximum Gasteiger partial charge on any atom is 0.338 e. The summed E-state index contributed by atoms with van der Waals surface area (Å²) in [5.41, 5.74) is -0.466. The van der Waals surface area contributed by atoms with Gasteiger partial charge in [-0.25, -0.2) is 17.7 Å². The van der Waals surface area contributed by atoms with Crippen LogP contribution in [0.1, 0.15) is 17.3 Å². The first-order chi connectivity index (χ1) is 11.3. The second-order valence-corrected chi connectivity index (χ2v) is 5.81. The molecule has 1 unspecified atom stereocenters. The van der Waals surface area contributed by atoms with E-state index in [-0.39, 0.29) is 28.6 Å². The molecular formula is C15H13ClFNO5S. The second kappa shape index (κ2) is 7.61. The zero-order valence-corrected chi connectivity index (χ0v) is 14.0. The zero-order valence-electron chi connectivity index (χ0n) is 12.4. The molecule has 2 rings (SSSR count). The van der Waals surface area contributed by atoms with Crippen molar-refractivity contribution in [2.24, 2.45) is 0 Å². The Morgan fingerprint density at radius 3 is 2.50 bits per heavy atom. The molecular weight excluding hydrogens is 361 g/mol. The summed E-state index contributed by atoms with van der Waals surface area (Å²) in [6.45, 7) is 1.75. The van der Waals surface area contributed by atoms with Crippen LogP contribution < -0.4 is 4.31 Å². The van der Waals surface area contributed by atoms with Gasteiger partial charge in [-0.1, -0.05) is 11.6 Å². The van der Waals surface area contributed by atoms with Crippen molar-refractivity contribution >= 4 is 40.2 Å². The molecule has 2 aromatic carbocycles. The lowest BCUT2D eigenvalue weighted by molar-refractivity contribution is 0.0526. The second-order valence-electron chi connectivity index (χ2n) is 4.54. The molecule has 0 saturated heterocycles. The summed E-state index contributed by atoms with van der Waals surface area (Å²) in [6.07, 6.45) is 0. The molecule has 0 aliphatic rings. The van der Waals surface area contributed by atoms with Gasteiger partial charge in [0.05, 0.1) is 23.5 Å². The predicted molar refractivity (Wildman–Crippen MR) is 88.4 cm³/mol. The summed E-state index contributed by atoms with van der Waals surface area (Å²) in [5.74, 6) is -2.05. The maximum atomic E-state index is 14.4. The molecule has 0 bridgehead atoms. The van der Waals surface area contributed by atoms with Crippen LogP contribution in [0.15, 0.2) is 36.4 Å². The molecule has 0 heterocycles. The zero-order chi connectivity index (χ0) is 17.9. The van der Waals surface area contributed by atoms with Crippen LogP contribution in [0.4, 0.5) is 15.8 Å². The molecule has 0 radical (unpaired) electrons.